The summed E-state index contributed by atoms with van der Waals surface area (Å²) in [7, 11) is 0. The molecular formula is C17H18N4O2. The second kappa shape index (κ2) is 6.16. The van der Waals surface area contributed by atoms with Gasteiger partial charge in [-0.1, -0.05) is 0 Å². The summed E-state index contributed by atoms with van der Waals surface area (Å²) in [4.78, 5) is 31.8. The van der Waals surface area contributed by atoms with Crippen LogP contribution in [0.1, 0.15) is 50.9 Å². The average Bonchev–Trinajstić information content (AvgIpc) is 3.37. The van der Waals surface area contributed by atoms with Crippen molar-refractivity contribution in [2.75, 3.05) is 0 Å². The lowest BCUT2D eigenvalue weighted by Gasteiger charge is -2.18. The third-order valence-corrected chi connectivity index (χ3v) is 4.05. The third kappa shape index (κ3) is 3.36. The Morgan fingerprint density at radius 1 is 1.30 bits per heavy atom. The number of amides is 2. The van der Waals surface area contributed by atoms with E-state index in [0.717, 1.165) is 18.4 Å². The first-order valence-corrected chi connectivity index (χ1v) is 7.53. The number of hydrogen-bond donors (Lipinski definition) is 2. The van der Waals surface area contributed by atoms with E-state index in [0.29, 0.717) is 17.0 Å². The van der Waals surface area contributed by atoms with E-state index < -0.39 is 5.91 Å². The van der Waals surface area contributed by atoms with Crippen molar-refractivity contribution in [1.82, 2.24) is 15.3 Å². The van der Waals surface area contributed by atoms with E-state index in [9.17, 15) is 9.59 Å². The van der Waals surface area contributed by atoms with Crippen molar-refractivity contribution >= 4 is 11.8 Å². The highest BCUT2D eigenvalue weighted by atomic mass is 16.2. The number of rotatable bonds is 5. The SMILES string of the molecule is Cc1cc(C(=O)N[C@H](c2ccncc2)C2CC2)ncc1C(N)=O. The Hall–Kier alpha value is -2.76. The van der Waals surface area contributed by atoms with Crippen molar-refractivity contribution in [3.8, 4) is 0 Å². The van der Waals surface area contributed by atoms with E-state index in [1.165, 1.54) is 6.20 Å². The van der Waals surface area contributed by atoms with Crippen LogP contribution in [0.4, 0.5) is 0 Å². The maximum absolute atomic E-state index is 12.5. The summed E-state index contributed by atoms with van der Waals surface area (Å²) in [5, 5.41) is 3.04. The van der Waals surface area contributed by atoms with Crippen LogP contribution in [0.2, 0.25) is 0 Å². The van der Waals surface area contributed by atoms with E-state index in [1.54, 1.807) is 25.4 Å². The Balaban J connectivity index is 1.80. The molecule has 6 nitrogen and oxygen atoms in total. The molecule has 1 aliphatic carbocycles. The van der Waals surface area contributed by atoms with E-state index >= 15 is 0 Å². The molecule has 0 bridgehead atoms. The first kappa shape index (κ1) is 15.1. The summed E-state index contributed by atoms with van der Waals surface area (Å²) < 4.78 is 0. The van der Waals surface area contributed by atoms with Gasteiger partial charge in [0.15, 0.2) is 0 Å². The summed E-state index contributed by atoms with van der Waals surface area (Å²) in [5.41, 5.74) is 7.56. The van der Waals surface area contributed by atoms with Crippen LogP contribution in [0.3, 0.4) is 0 Å². The van der Waals surface area contributed by atoms with Gasteiger partial charge in [0.2, 0.25) is 0 Å². The van der Waals surface area contributed by atoms with Crippen LogP contribution in [0.25, 0.3) is 0 Å². The highest BCUT2D eigenvalue weighted by molar-refractivity contribution is 5.96. The molecule has 0 spiro atoms. The topological polar surface area (TPSA) is 98.0 Å². The van der Waals surface area contributed by atoms with Gasteiger partial charge in [-0.3, -0.25) is 19.6 Å². The Morgan fingerprint density at radius 3 is 2.57 bits per heavy atom. The highest BCUT2D eigenvalue weighted by Gasteiger charge is 2.33. The molecule has 2 aromatic rings. The number of hydrogen-bond acceptors (Lipinski definition) is 4. The number of primary amides is 1. The highest BCUT2D eigenvalue weighted by Crippen LogP contribution is 2.40. The fourth-order valence-electron chi connectivity index (χ4n) is 2.63. The number of carbonyl (C=O) groups excluding carboxylic acids is 2. The van der Waals surface area contributed by atoms with Crippen molar-refractivity contribution in [3.05, 3.63) is 59.2 Å². The maximum Gasteiger partial charge on any atom is 0.270 e. The van der Waals surface area contributed by atoms with Crippen LogP contribution in [0.5, 0.6) is 0 Å². The largest absolute Gasteiger partial charge is 0.366 e. The van der Waals surface area contributed by atoms with Crippen LogP contribution in [0, 0.1) is 12.8 Å². The molecular weight excluding hydrogens is 292 g/mol. The molecule has 1 fully saturated rings. The molecule has 0 unspecified atom stereocenters. The zero-order chi connectivity index (χ0) is 16.4. The summed E-state index contributed by atoms with van der Waals surface area (Å²) in [6.07, 6.45) is 6.99. The predicted molar refractivity (Wildman–Crippen MR) is 84.7 cm³/mol. The van der Waals surface area contributed by atoms with Gasteiger partial charge in [-0.2, -0.15) is 0 Å². The summed E-state index contributed by atoms with van der Waals surface area (Å²) in [5.74, 6) is -0.347. The fraction of sp³-hybridized carbons (Fsp3) is 0.294. The van der Waals surface area contributed by atoms with Gasteiger partial charge in [-0.15, -0.1) is 0 Å². The molecule has 118 valence electrons. The van der Waals surface area contributed by atoms with Gasteiger partial charge in [0.05, 0.1) is 11.6 Å². The van der Waals surface area contributed by atoms with E-state index in [4.69, 9.17) is 5.73 Å². The normalized spacial score (nSPS) is 15.0. The van der Waals surface area contributed by atoms with Gasteiger partial charge in [-0.05, 0) is 55.0 Å². The van der Waals surface area contributed by atoms with Crippen molar-refractivity contribution in [1.29, 1.82) is 0 Å². The minimum atomic E-state index is -0.547. The minimum absolute atomic E-state index is 0.0385. The van der Waals surface area contributed by atoms with E-state index in [2.05, 4.69) is 15.3 Å². The molecule has 3 rings (SSSR count). The number of carbonyl (C=O) groups is 2. The van der Waals surface area contributed by atoms with Crippen LogP contribution in [0.15, 0.2) is 36.8 Å². The molecule has 3 N–H and O–H groups in total. The van der Waals surface area contributed by atoms with Gasteiger partial charge in [0.25, 0.3) is 11.8 Å². The number of nitrogens with zero attached hydrogens (tertiary/aromatic N) is 2. The molecule has 2 heterocycles. The quantitative estimate of drug-likeness (QED) is 0.879. The first-order chi connectivity index (χ1) is 11.1. The second-order valence-corrected chi connectivity index (χ2v) is 5.82. The summed E-state index contributed by atoms with van der Waals surface area (Å²) in [6.45, 7) is 1.74. The Kier molecular flexibility index (Phi) is 4.06. The zero-order valence-electron chi connectivity index (χ0n) is 12.8. The smallest absolute Gasteiger partial charge is 0.270 e. The van der Waals surface area contributed by atoms with Crippen molar-refractivity contribution in [3.63, 3.8) is 0 Å². The minimum Gasteiger partial charge on any atom is -0.366 e. The number of pyridine rings is 2. The molecule has 0 saturated heterocycles. The van der Waals surface area contributed by atoms with Crippen LogP contribution in [-0.4, -0.2) is 21.8 Å². The monoisotopic (exact) mass is 310 g/mol. The van der Waals surface area contributed by atoms with Gasteiger partial charge in [-0.25, -0.2) is 0 Å². The van der Waals surface area contributed by atoms with Gasteiger partial charge in [0.1, 0.15) is 5.69 Å². The summed E-state index contributed by atoms with van der Waals surface area (Å²) >= 11 is 0. The van der Waals surface area contributed by atoms with Gasteiger partial charge >= 0.3 is 0 Å². The zero-order valence-corrected chi connectivity index (χ0v) is 12.8. The van der Waals surface area contributed by atoms with Gasteiger partial charge < -0.3 is 11.1 Å². The van der Waals surface area contributed by atoms with Crippen molar-refractivity contribution < 1.29 is 9.59 Å². The molecule has 2 aromatic heterocycles. The molecule has 1 aliphatic rings. The Labute approximate surface area is 134 Å². The lowest BCUT2D eigenvalue weighted by molar-refractivity contribution is 0.0924. The van der Waals surface area contributed by atoms with Crippen molar-refractivity contribution in [2.24, 2.45) is 11.7 Å². The van der Waals surface area contributed by atoms with Gasteiger partial charge in [0, 0.05) is 18.6 Å². The molecule has 0 radical (unpaired) electrons. The molecule has 23 heavy (non-hydrogen) atoms. The number of nitrogens with one attached hydrogen (secondary N) is 1. The Bertz CT molecular complexity index is 742. The van der Waals surface area contributed by atoms with E-state index in [-0.39, 0.29) is 17.6 Å². The molecule has 6 heteroatoms. The molecule has 1 atom stereocenters. The lowest BCUT2D eigenvalue weighted by Crippen LogP contribution is -2.30. The number of aryl methyl sites for hydroxylation is 1. The summed E-state index contributed by atoms with van der Waals surface area (Å²) in [6, 6.07) is 5.38. The van der Waals surface area contributed by atoms with Crippen LogP contribution >= 0.6 is 0 Å². The van der Waals surface area contributed by atoms with Crippen LogP contribution < -0.4 is 11.1 Å². The fourth-order valence-corrected chi connectivity index (χ4v) is 2.63. The maximum atomic E-state index is 12.5. The number of nitrogens with two attached hydrogens (primary N) is 1. The van der Waals surface area contributed by atoms with Crippen molar-refractivity contribution in [2.45, 2.75) is 25.8 Å². The Morgan fingerprint density at radius 2 is 2.00 bits per heavy atom. The molecule has 1 saturated carbocycles. The predicted octanol–water partition coefficient (Wildman–Crippen LogP) is 1.77. The van der Waals surface area contributed by atoms with Crippen LogP contribution in [-0.2, 0) is 0 Å². The number of aromatic nitrogens is 2. The third-order valence-electron chi connectivity index (χ3n) is 4.05. The molecule has 0 aliphatic heterocycles. The standard InChI is InChI=1S/C17H18N4O2/c1-10-8-14(20-9-13(10)16(18)22)17(23)21-15(11-2-3-11)12-4-6-19-7-5-12/h4-9,11,15H,2-3H2,1H3,(H2,18,22)(H,21,23)/t15-/m0/s1. The lowest BCUT2D eigenvalue weighted by atomic mass is 10.0. The first-order valence-electron chi connectivity index (χ1n) is 7.53. The second-order valence-electron chi connectivity index (χ2n) is 5.82. The average molecular weight is 310 g/mol. The molecule has 2 amide bonds. The molecule has 0 aromatic carbocycles. The van der Waals surface area contributed by atoms with E-state index in [1.807, 2.05) is 12.1 Å².